The molecule has 1 aromatic heterocycles. The van der Waals surface area contributed by atoms with E-state index in [1.165, 1.54) is 69.7 Å². The Hall–Kier alpha value is -3.42. The molecule has 1 aromatic carbocycles. The molecule has 5 N–H and O–H groups in total. The number of hydrogen-bond acceptors (Lipinski definition) is 5. The van der Waals surface area contributed by atoms with Gasteiger partial charge in [-0.05, 0) is 55.5 Å². The Labute approximate surface area is 233 Å². The number of phenols is 1. The van der Waals surface area contributed by atoms with Crippen molar-refractivity contribution < 1.29 is 19.5 Å². The molecule has 0 radical (unpaired) electrons. The van der Waals surface area contributed by atoms with Crippen molar-refractivity contribution in [2.45, 2.75) is 97.8 Å². The molecule has 1 heterocycles. The first kappa shape index (κ1) is 31.8. The van der Waals surface area contributed by atoms with E-state index in [1.54, 1.807) is 19.1 Å². The molecule has 0 aliphatic carbocycles. The van der Waals surface area contributed by atoms with Crippen LogP contribution in [0.2, 0.25) is 0 Å². The summed E-state index contributed by atoms with van der Waals surface area (Å²) in [6.07, 6.45) is 15.9. The number of primary amides is 1. The van der Waals surface area contributed by atoms with Crippen LogP contribution in [-0.4, -0.2) is 34.4 Å². The molecule has 8 heteroatoms. The Morgan fingerprint density at radius 1 is 0.897 bits per heavy atom. The number of aromatic hydroxyl groups is 1. The molecule has 0 spiro atoms. The third kappa shape index (κ3) is 10.7. The van der Waals surface area contributed by atoms with Crippen molar-refractivity contribution >= 4 is 23.4 Å². The minimum Gasteiger partial charge on any atom is -0.507 e. The summed E-state index contributed by atoms with van der Waals surface area (Å²) >= 11 is 0. The number of nitrogens with two attached hydrogens (primary N) is 1. The second-order valence-electron chi connectivity index (χ2n) is 10.4. The van der Waals surface area contributed by atoms with E-state index in [1.807, 2.05) is 0 Å². The summed E-state index contributed by atoms with van der Waals surface area (Å²) in [6.45, 7) is 6.59. The first-order chi connectivity index (χ1) is 18.8. The number of benzene rings is 1. The fourth-order valence-electron chi connectivity index (χ4n) is 4.75. The number of rotatable bonds is 18. The molecular formula is C31H46N4O4. The number of aryl methyl sites for hydroxylation is 1. The van der Waals surface area contributed by atoms with Crippen molar-refractivity contribution in [3.8, 4) is 5.75 Å². The van der Waals surface area contributed by atoms with Crippen LogP contribution in [0.4, 0.5) is 5.69 Å². The molecule has 1 unspecified atom stereocenters. The van der Waals surface area contributed by atoms with Crippen LogP contribution in [0.5, 0.6) is 5.75 Å². The summed E-state index contributed by atoms with van der Waals surface area (Å²) in [4.78, 5) is 42.1. The normalized spacial score (nSPS) is 11.7. The Kier molecular flexibility index (Phi) is 14.0. The average molecular weight is 539 g/mol. The van der Waals surface area contributed by atoms with Gasteiger partial charge in [-0.25, -0.2) is 0 Å². The van der Waals surface area contributed by atoms with Crippen LogP contribution < -0.4 is 16.4 Å². The quantitative estimate of drug-likeness (QED) is 0.127. The van der Waals surface area contributed by atoms with Gasteiger partial charge in [-0.15, -0.1) is 0 Å². The van der Waals surface area contributed by atoms with Crippen LogP contribution in [0.15, 0.2) is 30.5 Å². The summed E-state index contributed by atoms with van der Waals surface area (Å²) in [7, 11) is 0. The van der Waals surface area contributed by atoms with Crippen LogP contribution in [0.3, 0.4) is 0 Å². The van der Waals surface area contributed by atoms with Crippen molar-refractivity contribution in [1.82, 2.24) is 10.3 Å². The third-order valence-electron chi connectivity index (χ3n) is 7.07. The Morgan fingerprint density at radius 2 is 1.51 bits per heavy atom. The van der Waals surface area contributed by atoms with Crippen LogP contribution in [0.25, 0.3) is 0 Å². The number of nitrogens with zero attached hydrogens (tertiary/aromatic N) is 1. The van der Waals surface area contributed by atoms with E-state index < -0.39 is 11.8 Å². The van der Waals surface area contributed by atoms with Crippen LogP contribution >= 0.6 is 0 Å². The number of amides is 3. The lowest BCUT2D eigenvalue weighted by atomic mass is 9.94. The van der Waals surface area contributed by atoms with Gasteiger partial charge >= 0.3 is 0 Å². The highest BCUT2D eigenvalue weighted by Gasteiger charge is 2.21. The highest BCUT2D eigenvalue weighted by atomic mass is 16.3. The molecule has 0 saturated carbocycles. The van der Waals surface area contributed by atoms with Crippen molar-refractivity contribution in [3.63, 3.8) is 0 Å². The van der Waals surface area contributed by atoms with Gasteiger partial charge in [0.1, 0.15) is 11.4 Å². The van der Waals surface area contributed by atoms with Gasteiger partial charge in [0.25, 0.3) is 17.7 Å². The fourth-order valence-corrected chi connectivity index (χ4v) is 4.75. The van der Waals surface area contributed by atoms with Crippen molar-refractivity contribution in [2.24, 2.45) is 11.7 Å². The lowest BCUT2D eigenvalue weighted by molar-refractivity contribution is 0.0931. The highest BCUT2D eigenvalue weighted by molar-refractivity contribution is 6.11. The lowest BCUT2D eigenvalue weighted by Gasteiger charge is -2.18. The Bertz CT molecular complexity index is 1090. The number of anilines is 1. The SMILES string of the molecule is CCCCCCCCC(CCCCCC)CNC(=O)c1cccnc1C(=O)Nc1cc(C)c(O)c(C(N)=O)c1. The predicted octanol–water partition coefficient (Wildman–Crippen LogP) is 6.51. The number of carbonyl (C=O) groups is 3. The summed E-state index contributed by atoms with van der Waals surface area (Å²) in [5, 5.41) is 15.8. The first-order valence-electron chi connectivity index (χ1n) is 14.5. The molecule has 214 valence electrons. The van der Waals surface area contributed by atoms with Crippen molar-refractivity contribution in [2.75, 3.05) is 11.9 Å². The second kappa shape index (κ2) is 17.2. The fraction of sp³-hybridized carbons (Fsp3) is 0.548. The van der Waals surface area contributed by atoms with Gasteiger partial charge in [0.2, 0.25) is 0 Å². The smallest absolute Gasteiger partial charge is 0.275 e. The minimum atomic E-state index is -0.810. The van der Waals surface area contributed by atoms with E-state index in [0.717, 1.165) is 25.7 Å². The number of hydrogen-bond donors (Lipinski definition) is 4. The maximum atomic E-state index is 13.2. The minimum absolute atomic E-state index is 0.0169. The average Bonchev–Trinajstić information content (AvgIpc) is 2.92. The van der Waals surface area contributed by atoms with Gasteiger partial charge in [0.15, 0.2) is 0 Å². The van der Waals surface area contributed by atoms with E-state index in [2.05, 4.69) is 29.5 Å². The monoisotopic (exact) mass is 538 g/mol. The molecule has 39 heavy (non-hydrogen) atoms. The summed E-state index contributed by atoms with van der Waals surface area (Å²) in [5.74, 6) is -1.57. The molecule has 1 atom stereocenters. The van der Waals surface area contributed by atoms with Crippen LogP contribution in [0.1, 0.15) is 128 Å². The van der Waals surface area contributed by atoms with E-state index in [-0.39, 0.29) is 34.2 Å². The summed E-state index contributed by atoms with van der Waals surface area (Å²) in [5.41, 5.74) is 6.07. The number of pyridine rings is 1. The highest BCUT2D eigenvalue weighted by Crippen LogP contribution is 2.26. The number of carbonyl (C=O) groups excluding carboxylic acids is 3. The largest absolute Gasteiger partial charge is 0.507 e. The maximum absolute atomic E-state index is 13.2. The molecular weight excluding hydrogens is 492 g/mol. The molecule has 0 saturated heterocycles. The number of aromatic nitrogens is 1. The zero-order chi connectivity index (χ0) is 28.6. The molecule has 2 rings (SSSR count). The molecule has 2 aromatic rings. The van der Waals surface area contributed by atoms with Crippen LogP contribution in [-0.2, 0) is 0 Å². The van der Waals surface area contributed by atoms with E-state index in [4.69, 9.17) is 5.73 Å². The van der Waals surface area contributed by atoms with Crippen molar-refractivity contribution in [3.05, 3.63) is 52.8 Å². The topological polar surface area (TPSA) is 134 Å². The van der Waals surface area contributed by atoms with Gasteiger partial charge < -0.3 is 21.5 Å². The van der Waals surface area contributed by atoms with Gasteiger partial charge in [0.05, 0.1) is 11.1 Å². The van der Waals surface area contributed by atoms with Crippen molar-refractivity contribution in [1.29, 1.82) is 0 Å². The van der Waals surface area contributed by atoms with E-state index in [0.29, 0.717) is 18.0 Å². The van der Waals surface area contributed by atoms with Gasteiger partial charge in [0, 0.05) is 18.4 Å². The summed E-state index contributed by atoms with van der Waals surface area (Å²) < 4.78 is 0. The molecule has 3 amide bonds. The molecule has 8 nitrogen and oxygen atoms in total. The van der Waals surface area contributed by atoms with Gasteiger partial charge in [-0.1, -0.05) is 78.1 Å². The zero-order valence-corrected chi connectivity index (χ0v) is 23.9. The Balaban J connectivity index is 2.05. The molecule has 0 bridgehead atoms. The van der Waals surface area contributed by atoms with E-state index >= 15 is 0 Å². The Morgan fingerprint density at radius 3 is 2.15 bits per heavy atom. The second-order valence-corrected chi connectivity index (χ2v) is 10.4. The molecule has 0 fully saturated rings. The first-order valence-corrected chi connectivity index (χ1v) is 14.5. The molecule has 0 aliphatic rings. The maximum Gasteiger partial charge on any atom is 0.275 e. The van der Waals surface area contributed by atoms with Crippen LogP contribution in [0, 0.1) is 12.8 Å². The van der Waals surface area contributed by atoms with E-state index in [9.17, 15) is 19.5 Å². The molecule has 0 aliphatic heterocycles. The number of nitrogens with one attached hydrogen (secondary N) is 2. The van der Waals surface area contributed by atoms with Gasteiger partial charge in [-0.3, -0.25) is 19.4 Å². The van der Waals surface area contributed by atoms with Gasteiger partial charge in [-0.2, -0.15) is 0 Å². The zero-order valence-electron chi connectivity index (χ0n) is 23.9. The predicted molar refractivity (Wildman–Crippen MR) is 156 cm³/mol. The lowest BCUT2D eigenvalue weighted by Crippen LogP contribution is -2.31. The number of unbranched alkanes of at least 4 members (excludes halogenated alkanes) is 8. The summed E-state index contributed by atoms with van der Waals surface area (Å²) in [6, 6.07) is 6.03. The standard InChI is InChI=1S/C31H46N4O4/c1-4-6-8-10-11-13-16-23(15-12-9-7-5-2)21-34-30(38)25-17-14-18-33-27(25)31(39)35-24-19-22(3)28(36)26(20-24)29(32)37/h14,17-20,23,36H,4-13,15-16,21H2,1-3H3,(H2,32,37)(H,34,38)(H,35,39). The third-order valence-corrected chi connectivity index (χ3v) is 7.07.